The largest absolute Gasteiger partial charge is 0.377 e. The smallest absolute Gasteiger partial charge is 0.236 e. The van der Waals surface area contributed by atoms with Crippen LogP contribution in [-0.4, -0.2) is 73.6 Å². The molecular formula is C16H28ClN3O3. The lowest BCUT2D eigenvalue weighted by atomic mass is 10.0. The molecule has 2 aliphatic heterocycles. The minimum atomic E-state index is 0. The molecule has 0 aromatic rings. The van der Waals surface area contributed by atoms with Gasteiger partial charge in [-0.05, 0) is 19.3 Å². The molecule has 2 rings (SSSR count). The van der Waals surface area contributed by atoms with Crippen molar-refractivity contribution >= 4 is 24.2 Å². The van der Waals surface area contributed by atoms with Crippen LogP contribution in [0.3, 0.4) is 0 Å². The van der Waals surface area contributed by atoms with Crippen LogP contribution in [0, 0.1) is 0 Å². The van der Waals surface area contributed by atoms with E-state index in [4.69, 9.17) is 4.74 Å². The van der Waals surface area contributed by atoms with Crippen molar-refractivity contribution in [2.45, 2.75) is 31.7 Å². The van der Waals surface area contributed by atoms with E-state index < -0.39 is 0 Å². The molecule has 0 aromatic heterocycles. The molecule has 0 aromatic carbocycles. The van der Waals surface area contributed by atoms with E-state index in [-0.39, 0.29) is 30.3 Å². The summed E-state index contributed by atoms with van der Waals surface area (Å²) in [6, 6.07) is 0.185. The van der Waals surface area contributed by atoms with E-state index in [1.54, 1.807) is 6.08 Å². The van der Waals surface area contributed by atoms with Crippen LogP contribution in [0.1, 0.15) is 25.7 Å². The highest BCUT2D eigenvalue weighted by atomic mass is 35.5. The Balaban J connectivity index is 0.00000264. The number of piperazine rings is 1. The van der Waals surface area contributed by atoms with Gasteiger partial charge in [0.05, 0.1) is 13.2 Å². The lowest BCUT2D eigenvalue weighted by Crippen LogP contribution is -2.57. The van der Waals surface area contributed by atoms with Gasteiger partial charge in [-0.1, -0.05) is 6.08 Å². The Labute approximate surface area is 144 Å². The van der Waals surface area contributed by atoms with E-state index in [0.717, 1.165) is 38.9 Å². The monoisotopic (exact) mass is 345 g/mol. The summed E-state index contributed by atoms with van der Waals surface area (Å²) < 4.78 is 5.30. The first-order valence-electron chi connectivity index (χ1n) is 8.19. The van der Waals surface area contributed by atoms with Gasteiger partial charge < -0.3 is 19.9 Å². The number of nitrogens with one attached hydrogen (secondary N) is 1. The maximum atomic E-state index is 12.3. The zero-order valence-corrected chi connectivity index (χ0v) is 14.5. The fraction of sp³-hybridized carbons (Fsp3) is 0.750. The standard InChI is InChI=1S/C16H27N3O3.ClH/c1-2-10-22-11-4-6-15(20)18-8-3-5-14(13-18)19-9-7-17-12-16(19)21;/h2,14,17H,1,3-13H2;1H. The number of likely N-dealkylation sites (tertiary alicyclic amines) is 1. The molecule has 0 spiro atoms. The van der Waals surface area contributed by atoms with Crippen LogP contribution < -0.4 is 5.32 Å². The Morgan fingerprint density at radius 1 is 1.43 bits per heavy atom. The first-order valence-corrected chi connectivity index (χ1v) is 8.19. The van der Waals surface area contributed by atoms with Crippen molar-refractivity contribution in [3.05, 3.63) is 12.7 Å². The molecular weight excluding hydrogens is 318 g/mol. The Morgan fingerprint density at radius 3 is 3.00 bits per heavy atom. The van der Waals surface area contributed by atoms with Crippen molar-refractivity contribution in [3.8, 4) is 0 Å². The predicted molar refractivity (Wildman–Crippen MR) is 91.7 cm³/mol. The van der Waals surface area contributed by atoms with Gasteiger partial charge >= 0.3 is 0 Å². The van der Waals surface area contributed by atoms with E-state index in [1.807, 2.05) is 9.80 Å². The van der Waals surface area contributed by atoms with Gasteiger partial charge in [0.2, 0.25) is 11.8 Å². The molecule has 1 unspecified atom stereocenters. The number of amides is 2. The molecule has 0 saturated carbocycles. The molecule has 2 aliphatic rings. The Kier molecular flexibility index (Phi) is 9.21. The van der Waals surface area contributed by atoms with Gasteiger partial charge in [-0.15, -0.1) is 19.0 Å². The lowest BCUT2D eigenvalue weighted by Gasteiger charge is -2.41. The molecule has 7 heteroatoms. The van der Waals surface area contributed by atoms with Crippen LogP contribution in [-0.2, 0) is 14.3 Å². The van der Waals surface area contributed by atoms with E-state index in [9.17, 15) is 9.59 Å². The molecule has 132 valence electrons. The highest BCUT2D eigenvalue weighted by Crippen LogP contribution is 2.18. The van der Waals surface area contributed by atoms with Gasteiger partial charge in [-0.2, -0.15) is 0 Å². The summed E-state index contributed by atoms with van der Waals surface area (Å²) in [5, 5.41) is 3.09. The maximum absolute atomic E-state index is 12.3. The summed E-state index contributed by atoms with van der Waals surface area (Å²) in [5.41, 5.74) is 0. The number of carbonyl (C=O) groups excluding carboxylic acids is 2. The summed E-state index contributed by atoms with van der Waals surface area (Å²) in [6.45, 7) is 8.21. The highest BCUT2D eigenvalue weighted by Gasteiger charge is 2.31. The van der Waals surface area contributed by atoms with Crippen LogP contribution in [0.15, 0.2) is 12.7 Å². The maximum Gasteiger partial charge on any atom is 0.236 e. The molecule has 0 radical (unpaired) electrons. The molecule has 1 N–H and O–H groups in total. The van der Waals surface area contributed by atoms with Gasteiger partial charge in [-0.25, -0.2) is 0 Å². The molecule has 1 atom stereocenters. The van der Waals surface area contributed by atoms with Crippen LogP contribution in [0.5, 0.6) is 0 Å². The molecule has 23 heavy (non-hydrogen) atoms. The second-order valence-corrected chi connectivity index (χ2v) is 5.87. The second kappa shape index (κ2) is 10.6. The van der Waals surface area contributed by atoms with Crippen molar-refractivity contribution in [2.24, 2.45) is 0 Å². The molecule has 0 bridgehead atoms. The Hall–Kier alpha value is -1.11. The summed E-state index contributed by atoms with van der Waals surface area (Å²) >= 11 is 0. The zero-order valence-electron chi connectivity index (χ0n) is 13.7. The fourth-order valence-corrected chi connectivity index (χ4v) is 3.09. The van der Waals surface area contributed by atoms with E-state index in [1.165, 1.54) is 0 Å². The third-order valence-electron chi connectivity index (χ3n) is 4.23. The third-order valence-corrected chi connectivity index (χ3v) is 4.23. The Morgan fingerprint density at radius 2 is 2.26 bits per heavy atom. The average molecular weight is 346 g/mol. The van der Waals surface area contributed by atoms with Gasteiger partial charge in [0, 0.05) is 45.2 Å². The van der Waals surface area contributed by atoms with E-state index >= 15 is 0 Å². The topological polar surface area (TPSA) is 61.9 Å². The van der Waals surface area contributed by atoms with Gasteiger partial charge in [0.1, 0.15) is 0 Å². The van der Waals surface area contributed by atoms with Gasteiger partial charge in [-0.3, -0.25) is 9.59 Å². The fourth-order valence-electron chi connectivity index (χ4n) is 3.09. The van der Waals surface area contributed by atoms with E-state index in [0.29, 0.717) is 32.7 Å². The first kappa shape index (κ1) is 19.9. The molecule has 2 fully saturated rings. The first-order chi connectivity index (χ1) is 10.7. The lowest BCUT2D eigenvalue weighted by molar-refractivity contribution is -0.140. The highest BCUT2D eigenvalue weighted by molar-refractivity contribution is 5.85. The SMILES string of the molecule is C=CCOCCCC(=O)N1CCCC(N2CCNCC2=O)C1.Cl. The van der Waals surface area contributed by atoms with Crippen molar-refractivity contribution in [1.29, 1.82) is 0 Å². The molecule has 0 aliphatic carbocycles. The number of hydrogen-bond donors (Lipinski definition) is 1. The number of hydrogen-bond acceptors (Lipinski definition) is 4. The summed E-state index contributed by atoms with van der Waals surface area (Å²) in [4.78, 5) is 28.1. The van der Waals surface area contributed by atoms with Crippen LogP contribution in [0.2, 0.25) is 0 Å². The van der Waals surface area contributed by atoms with Crippen molar-refractivity contribution in [3.63, 3.8) is 0 Å². The van der Waals surface area contributed by atoms with Crippen molar-refractivity contribution in [1.82, 2.24) is 15.1 Å². The third kappa shape index (κ3) is 6.12. The van der Waals surface area contributed by atoms with Crippen molar-refractivity contribution < 1.29 is 14.3 Å². The number of halogens is 1. The molecule has 6 nitrogen and oxygen atoms in total. The van der Waals surface area contributed by atoms with Crippen LogP contribution >= 0.6 is 12.4 Å². The van der Waals surface area contributed by atoms with Gasteiger partial charge in [0.15, 0.2) is 0 Å². The number of ether oxygens (including phenoxy) is 1. The number of piperidine rings is 1. The van der Waals surface area contributed by atoms with Gasteiger partial charge in [0.25, 0.3) is 0 Å². The summed E-state index contributed by atoms with van der Waals surface area (Å²) in [7, 11) is 0. The molecule has 2 amide bonds. The quantitative estimate of drug-likeness (QED) is 0.548. The number of nitrogens with zero attached hydrogens (tertiary/aromatic N) is 2. The molecule has 2 saturated heterocycles. The second-order valence-electron chi connectivity index (χ2n) is 5.87. The van der Waals surface area contributed by atoms with E-state index in [2.05, 4.69) is 11.9 Å². The number of carbonyl (C=O) groups is 2. The average Bonchev–Trinajstić information content (AvgIpc) is 2.55. The normalized spacial score (nSPS) is 21.7. The summed E-state index contributed by atoms with van der Waals surface area (Å²) in [6.07, 6.45) is 4.93. The van der Waals surface area contributed by atoms with Crippen LogP contribution in [0.25, 0.3) is 0 Å². The van der Waals surface area contributed by atoms with Crippen LogP contribution in [0.4, 0.5) is 0 Å². The minimum absolute atomic E-state index is 0. The predicted octanol–water partition coefficient (Wildman–Crippen LogP) is 0.814. The zero-order chi connectivity index (χ0) is 15.8. The number of rotatable bonds is 7. The molecule has 2 heterocycles. The van der Waals surface area contributed by atoms with Crippen molar-refractivity contribution in [2.75, 3.05) is 45.9 Å². The summed E-state index contributed by atoms with van der Waals surface area (Å²) in [5.74, 6) is 0.331. The Bertz CT molecular complexity index is 406. The minimum Gasteiger partial charge on any atom is -0.377 e.